The van der Waals surface area contributed by atoms with Gasteiger partial charge in [-0.2, -0.15) is 0 Å². The summed E-state index contributed by atoms with van der Waals surface area (Å²) >= 11 is 0. The van der Waals surface area contributed by atoms with E-state index in [2.05, 4.69) is 0 Å². The van der Waals surface area contributed by atoms with Crippen molar-refractivity contribution in [1.82, 2.24) is 0 Å². The summed E-state index contributed by atoms with van der Waals surface area (Å²) in [5.74, 6) is 0.578. The van der Waals surface area contributed by atoms with E-state index in [9.17, 15) is 4.21 Å². The van der Waals surface area contributed by atoms with E-state index in [-0.39, 0.29) is 11.7 Å². The number of hydrogen-bond donors (Lipinski definition) is 1. The van der Waals surface area contributed by atoms with Crippen LogP contribution in [0.25, 0.3) is 0 Å². The van der Waals surface area contributed by atoms with Crippen LogP contribution >= 0.6 is 0 Å². The summed E-state index contributed by atoms with van der Waals surface area (Å²) in [4.78, 5) is 0.756. The van der Waals surface area contributed by atoms with Crippen LogP contribution in [0.3, 0.4) is 0 Å². The predicted molar refractivity (Wildman–Crippen MR) is 82.2 cm³/mol. The molecule has 110 valence electrons. The lowest BCUT2D eigenvalue weighted by Crippen LogP contribution is -2.27. The Morgan fingerprint density at radius 1 is 1.35 bits per heavy atom. The summed E-state index contributed by atoms with van der Waals surface area (Å²) in [6, 6.07) is 5.75. The molecular weight excluding hydrogens is 270 g/mol. The molecule has 1 aliphatic heterocycles. The molecule has 0 amide bonds. The maximum atomic E-state index is 12.5. The van der Waals surface area contributed by atoms with Gasteiger partial charge >= 0.3 is 0 Å². The molecule has 0 aromatic heterocycles. The van der Waals surface area contributed by atoms with Gasteiger partial charge in [0.1, 0.15) is 0 Å². The fraction of sp³-hybridized carbons (Fsp3) is 0.625. The maximum absolute atomic E-state index is 12.5. The number of ether oxygens (including phenoxy) is 1. The Morgan fingerprint density at radius 2 is 2.10 bits per heavy atom. The molecule has 1 aromatic rings. The summed E-state index contributed by atoms with van der Waals surface area (Å²) in [7, 11) is -1.06. The highest BCUT2D eigenvalue weighted by Gasteiger charge is 2.42. The third-order valence-corrected chi connectivity index (χ3v) is 6.14. The quantitative estimate of drug-likeness (QED) is 0.871. The highest BCUT2D eigenvalue weighted by Crippen LogP contribution is 2.43. The lowest BCUT2D eigenvalue weighted by atomic mass is 9.98. The van der Waals surface area contributed by atoms with Gasteiger partial charge in [0, 0.05) is 5.69 Å². The van der Waals surface area contributed by atoms with Gasteiger partial charge in [0.15, 0.2) is 0 Å². The van der Waals surface area contributed by atoms with Crippen molar-refractivity contribution in [1.29, 1.82) is 0 Å². The lowest BCUT2D eigenvalue weighted by Gasteiger charge is -2.23. The molecule has 3 nitrogen and oxygen atoms in total. The number of nitrogens with two attached hydrogens (primary N) is 1. The summed E-state index contributed by atoms with van der Waals surface area (Å²) < 4.78 is 18.7. The minimum atomic E-state index is -1.06. The van der Waals surface area contributed by atoms with Gasteiger partial charge in [-0.15, -0.1) is 0 Å². The molecule has 4 heteroatoms. The van der Waals surface area contributed by atoms with Gasteiger partial charge in [0.25, 0.3) is 0 Å². The van der Waals surface area contributed by atoms with Crippen molar-refractivity contribution in [2.75, 3.05) is 11.5 Å². The maximum Gasteiger partial charge on any atom is 0.0702 e. The Balaban J connectivity index is 1.65. The largest absolute Gasteiger partial charge is 0.398 e. The zero-order valence-electron chi connectivity index (χ0n) is 12.1. The number of anilines is 1. The fourth-order valence-corrected chi connectivity index (χ4v) is 4.83. The topological polar surface area (TPSA) is 52.3 Å². The number of nitrogen functional groups attached to an aromatic ring is 1. The van der Waals surface area contributed by atoms with E-state index in [1.165, 1.54) is 25.7 Å². The van der Waals surface area contributed by atoms with Gasteiger partial charge in [-0.05, 0) is 50.3 Å². The first kappa shape index (κ1) is 14.1. The molecule has 2 atom stereocenters. The molecule has 20 heavy (non-hydrogen) atoms. The van der Waals surface area contributed by atoms with E-state index in [0.29, 0.717) is 11.4 Å². The van der Waals surface area contributed by atoms with Crippen molar-refractivity contribution in [2.24, 2.45) is 0 Å². The summed E-state index contributed by atoms with van der Waals surface area (Å²) in [5, 5.41) is 0. The van der Waals surface area contributed by atoms with Crippen LogP contribution in [0.2, 0.25) is 0 Å². The predicted octanol–water partition coefficient (Wildman–Crippen LogP) is 3.18. The van der Waals surface area contributed by atoms with Gasteiger partial charge < -0.3 is 10.5 Å². The average molecular weight is 293 g/mol. The standard InChI is InChI=1S/C16H23NO2S/c1-12-4-5-15(14(17)10-12)20(18)11-13-6-9-16(19-13)7-2-3-8-16/h4-5,10,13H,2-3,6-9,11,17H2,1H3. The molecule has 1 heterocycles. The van der Waals surface area contributed by atoms with E-state index in [4.69, 9.17) is 10.5 Å². The lowest BCUT2D eigenvalue weighted by molar-refractivity contribution is -0.0270. The van der Waals surface area contributed by atoms with Crippen LogP contribution < -0.4 is 5.73 Å². The normalized spacial score (nSPS) is 26.1. The first-order valence-electron chi connectivity index (χ1n) is 7.50. The van der Waals surface area contributed by atoms with E-state index in [0.717, 1.165) is 23.3 Å². The van der Waals surface area contributed by atoms with E-state index >= 15 is 0 Å². The van der Waals surface area contributed by atoms with Crippen LogP contribution in [-0.4, -0.2) is 21.7 Å². The molecular formula is C16H23NO2S. The Labute approximate surface area is 123 Å². The van der Waals surface area contributed by atoms with Gasteiger partial charge in [0.2, 0.25) is 0 Å². The fourth-order valence-electron chi connectivity index (χ4n) is 3.53. The second kappa shape index (κ2) is 5.49. The second-order valence-corrected chi connectivity index (χ2v) is 7.69. The third-order valence-electron chi connectivity index (χ3n) is 4.60. The molecule has 2 aliphatic rings. The minimum absolute atomic E-state index is 0.119. The molecule has 2 N–H and O–H groups in total. The van der Waals surface area contributed by atoms with Crippen LogP contribution in [0.4, 0.5) is 5.69 Å². The number of hydrogen-bond acceptors (Lipinski definition) is 3. The Bertz CT molecular complexity index is 523. The van der Waals surface area contributed by atoms with Crippen molar-refractivity contribution in [2.45, 2.75) is 62.0 Å². The summed E-state index contributed by atoms with van der Waals surface area (Å²) in [6.45, 7) is 1.99. The highest BCUT2D eigenvalue weighted by atomic mass is 32.2. The molecule has 1 saturated heterocycles. The molecule has 1 aromatic carbocycles. The van der Waals surface area contributed by atoms with Gasteiger partial charge in [0.05, 0.1) is 33.2 Å². The molecule has 2 unspecified atom stereocenters. The van der Waals surface area contributed by atoms with Crippen molar-refractivity contribution >= 4 is 16.5 Å². The first-order chi connectivity index (χ1) is 9.58. The first-order valence-corrected chi connectivity index (χ1v) is 8.82. The van der Waals surface area contributed by atoms with Crippen LogP contribution in [0, 0.1) is 6.92 Å². The molecule has 1 spiro atoms. The number of aryl methyl sites for hydroxylation is 1. The third kappa shape index (κ3) is 2.77. The Morgan fingerprint density at radius 3 is 2.80 bits per heavy atom. The van der Waals surface area contributed by atoms with E-state index in [1.807, 2.05) is 25.1 Å². The van der Waals surface area contributed by atoms with Crippen LogP contribution in [0.5, 0.6) is 0 Å². The zero-order chi connectivity index (χ0) is 14.2. The molecule has 1 aliphatic carbocycles. The Kier molecular flexibility index (Phi) is 3.87. The molecule has 1 saturated carbocycles. The SMILES string of the molecule is Cc1ccc(S(=O)CC2CCC3(CCCC3)O2)c(N)c1. The van der Waals surface area contributed by atoms with E-state index < -0.39 is 10.8 Å². The van der Waals surface area contributed by atoms with Gasteiger partial charge in [-0.1, -0.05) is 18.9 Å². The average Bonchev–Trinajstić information content (AvgIpc) is 3.00. The molecule has 0 radical (unpaired) electrons. The summed E-state index contributed by atoms with van der Waals surface area (Å²) in [5.41, 5.74) is 7.84. The van der Waals surface area contributed by atoms with Crippen LogP contribution in [0.1, 0.15) is 44.1 Å². The smallest absolute Gasteiger partial charge is 0.0702 e. The minimum Gasteiger partial charge on any atom is -0.398 e. The van der Waals surface area contributed by atoms with Crippen molar-refractivity contribution in [3.8, 4) is 0 Å². The van der Waals surface area contributed by atoms with Gasteiger partial charge in [-0.3, -0.25) is 4.21 Å². The molecule has 2 fully saturated rings. The van der Waals surface area contributed by atoms with Crippen LogP contribution in [0.15, 0.2) is 23.1 Å². The number of benzene rings is 1. The van der Waals surface area contributed by atoms with Crippen molar-refractivity contribution in [3.63, 3.8) is 0 Å². The Hall–Kier alpha value is -0.870. The molecule has 0 bridgehead atoms. The van der Waals surface area contributed by atoms with E-state index in [1.54, 1.807) is 0 Å². The van der Waals surface area contributed by atoms with Gasteiger partial charge in [-0.25, -0.2) is 0 Å². The monoisotopic (exact) mass is 293 g/mol. The van der Waals surface area contributed by atoms with Crippen molar-refractivity contribution < 1.29 is 8.95 Å². The highest BCUT2D eigenvalue weighted by molar-refractivity contribution is 7.85. The van der Waals surface area contributed by atoms with Crippen LogP contribution in [-0.2, 0) is 15.5 Å². The zero-order valence-corrected chi connectivity index (χ0v) is 12.9. The second-order valence-electron chi connectivity index (χ2n) is 6.22. The van der Waals surface area contributed by atoms with Crippen molar-refractivity contribution in [3.05, 3.63) is 23.8 Å². The number of rotatable bonds is 3. The summed E-state index contributed by atoms with van der Waals surface area (Å²) in [6.07, 6.45) is 7.23. The molecule has 3 rings (SSSR count).